The summed E-state index contributed by atoms with van der Waals surface area (Å²) in [7, 11) is 0. The number of aliphatic hydroxyl groups is 1. The highest BCUT2D eigenvalue weighted by Crippen LogP contribution is 2.28. The maximum Gasteiger partial charge on any atom is 0.335 e. The van der Waals surface area contributed by atoms with Gasteiger partial charge in [0.05, 0.1) is 5.56 Å². The molecule has 0 saturated carbocycles. The summed E-state index contributed by atoms with van der Waals surface area (Å²) in [6.07, 6.45) is 3.70. The summed E-state index contributed by atoms with van der Waals surface area (Å²) < 4.78 is 2.27. The molecule has 0 aliphatic rings. The minimum Gasteiger partial charge on any atom is -0.478 e. The zero-order valence-electron chi connectivity index (χ0n) is 12.7. The number of benzene rings is 1. The van der Waals surface area contributed by atoms with Crippen molar-refractivity contribution in [1.29, 1.82) is 0 Å². The van der Waals surface area contributed by atoms with Gasteiger partial charge in [-0.25, -0.2) is 4.79 Å². The van der Waals surface area contributed by atoms with Crippen molar-refractivity contribution in [2.75, 3.05) is 6.61 Å². The highest BCUT2D eigenvalue weighted by molar-refractivity contribution is 5.95. The number of rotatable bonds is 7. The Bertz CT molecular complexity index is 643. The molecule has 1 aromatic carbocycles. The second kappa shape index (κ2) is 6.76. The van der Waals surface area contributed by atoms with Crippen LogP contribution in [-0.2, 0) is 13.0 Å². The monoisotopic (exact) mass is 289 g/mol. The fraction of sp³-hybridized carbons (Fsp3) is 0.471. The number of hydrogen-bond donors (Lipinski definition) is 2. The van der Waals surface area contributed by atoms with Crippen LogP contribution in [0.25, 0.3) is 10.9 Å². The first-order chi connectivity index (χ1) is 10.1. The third-order valence-corrected chi connectivity index (χ3v) is 4.02. The number of fused-ring (bicyclic) bond motifs is 1. The Morgan fingerprint density at radius 2 is 2.05 bits per heavy atom. The quantitative estimate of drug-likeness (QED) is 0.821. The number of nitrogens with zero attached hydrogens (tertiary/aromatic N) is 1. The summed E-state index contributed by atoms with van der Waals surface area (Å²) >= 11 is 0. The fourth-order valence-corrected chi connectivity index (χ4v) is 2.86. The van der Waals surface area contributed by atoms with E-state index in [1.54, 1.807) is 12.1 Å². The summed E-state index contributed by atoms with van der Waals surface area (Å²) in [5.41, 5.74) is 3.77. The molecule has 0 amide bonds. The van der Waals surface area contributed by atoms with Gasteiger partial charge in [0.2, 0.25) is 0 Å². The van der Waals surface area contributed by atoms with Crippen molar-refractivity contribution in [3.63, 3.8) is 0 Å². The molecule has 21 heavy (non-hydrogen) atoms. The van der Waals surface area contributed by atoms with Gasteiger partial charge in [0, 0.05) is 29.7 Å². The van der Waals surface area contributed by atoms with E-state index >= 15 is 0 Å². The van der Waals surface area contributed by atoms with E-state index in [0.717, 1.165) is 36.7 Å². The smallest absolute Gasteiger partial charge is 0.335 e. The summed E-state index contributed by atoms with van der Waals surface area (Å²) in [5, 5.41) is 19.3. The van der Waals surface area contributed by atoms with Gasteiger partial charge in [-0.1, -0.05) is 13.3 Å². The Hall–Kier alpha value is -1.81. The number of aliphatic hydroxyl groups excluding tert-OH is 1. The van der Waals surface area contributed by atoms with Gasteiger partial charge in [-0.2, -0.15) is 0 Å². The minimum absolute atomic E-state index is 0.152. The average Bonchev–Trinajstić information content (AvgIpc) is 2.74. The molecule has 0 spiro atoms. The van der Waals surface area contributed by atoms with E-state index in [-0.39, 0.29) is 6.61 Å². The molecule has 0 bridgehead atoms. The normalized spacial score (nSPS) is 11.2. The lowest BCUT2D eigenvalue weighted by Gasteiger charge is -2.07. The predicted molar refractivity (Wildman–Crippen MR) is 83.9 cm³/mol. The van der Waals surface area contributed by atoms with E-state index < -0.39 is 5.97 Å². The van der Waals surface area contributed by atoms with Crippen LogP contribution in [-0.4, -0.2) is 27.4 Å². The predicted octanol–water partition coefficient (Wildman–Crippen LogP) is 3.37. The molecule has 4 nitrogen and oxygen atoms in total. The largest absolute Gasteiger partial charge is 0.478 e. The van der Waals surface area contributed by atoms with Crippen molar-refractivity contribution < 1.29 is 15.0 Å². The van der Waals surface area contributed by atoms with Crippen LogP contribution in [0.2, 0.25) is 0 Å². The molecule has 2 N–H and O–H groups in total. The molecule has 0 aliphatic carbocycles. The second-order valence-corrected chi connectivity index (χ2v) is 5.43. The molecule has 0 radical (unpaired) electrons. The lowest BCUT2D eigenvalue weighted by molar-refractivity contribution is 0.0697. The van der Waals surface area contributed by atoms with Crippen LogP contribution in [0.1, 0.15) is 47.8 Å². The lowest BCUT2D eigenvalue weighted by Crippen LogP contribution is -2.01. The van der Waals surface area contributed by atoms with Crippen LogP contribution in [0.3, 0.4) is 0 Å². The number of hydrogen-bond acceptors (Lipinski definition) is 2. The van der Waals surface area contributed by atoms with Crippen LogP contribution >= 0.6 is 0 Å². The summed E-state index contributed by atoms with van der Waals surface area (Å²) in [5.74, 6) is -0.899. The Balaban J connectivity index is 2.57. The number of carboxylic acids is 1. The SMILES string of the molecule is CCCCn1c(C)c(CCCO)c2cc(C(=O)O)ccc21. The van der Waals surface area contributed by atoms with E-state index in [0.29, 0.717) is 12.0 Å². The maximum atomic E-state index is 11.2. The zero-order valence-corrected chi connectivity index (χ0v) is 12.7. The summed E-state index contributed by atoms with van der Waals surface area (Å²) in [6, 6.07) is 5.34. The number of carbonyl (C=O) groups is 1. The highest BCUT2D eigenvalue weighted by Gasteiger charge is 2.15. The average molecular weight is 289 g/mol. The van der Waals surface area contributed by atoms with Crippen molar-refractivity contribution in [2.24, 2.45) is 0 Å². The minimum atomic E-state index is -0.899. The van der Waals surface area contributed by atoms with Crippen molar-refractivity contribution in [1.82, 2.24) is 4.57 Å². The van der Waals surface area contributed by atoms with Crippen molar-refractivity contribution in [3.05, 3.63) is 35.0 Å². The Kier molecular flexibility index (Phi) is 5.02. The van der Waals surface area contributed by atoms with Crippen LogP contribution in [0.15, 0.2) is 18.2 Å². The second-order valence-electron chi connectivity index (χ2n) is 5.43. The topological polar surface area (TPSA) is 62.5 Å². The van der Waals surface area contributed by atoms with Gasteiger partial charge in [0.15, 0.2) is 0 Å². The van der Waals surface area contributed by atoms with E-state index in [1.165, 1.54) is 11.3 Å². The molecule has 2 aromatic rings. The van der Waals surface area contributed by atoms with Crippen LogP contribution in [0, 0.1) is 6.92 Å². The molecule has 0 unspecified atom stereocenters. The summed E-state index contributed by atoms with van der Waals surface area (Å²) in [6.45, 7) is 5.35. The number of aromatic carboxylic acids is 1. The summed E-state index contributed by atoms with van der Waals surface area (Å²) in [4.78, 5) is 11.2. The Morgan fingerprint density at radius 3 is 2.67 bits per heavy atom. The Labute approximate surface area is 125 Å². The first kappa shape index (κ1) is 15.6. The molecule has 0 saturated heterocycles. The van der Waals surface area contributed by atoms with E-state index in [9.17, 15) is 9.90 Å². The van der Waals surface area contributed by atoms with Crippen LogP contribution in [0.5, 0.6) is 0 Å². The molecule has 0 atom stereocenters. The standard InChI is InChI=1S/C17H23NO3/c1-3-4-9-18-12(2)14(6-5-10-19)15-11-13(17(20)21)7-8-16(15)18/h7-8,11,19H,3-6,9-10H2,1-2H3,(H,20,21). The molecular weight excluding hydrogens is 266 g/mol. The van der Waals surface area contributed by atoms with Gasteiger partial charge in [0.1, 0.15) is 0 Å². The maximum absolute atomic E-state index is 11.2. The van der Waals surface area contributed by atoms with Crippen molar-refractivity contribution >= 4 is 16.9 Å². The van der Waals surface area contributed by atoms with Gasteiger partial charge >= 0.3 is 5.97 Å². The molecule has 0 aliphatic heterocycles. The first-order valence-corrected chi connectivity index (χ1v) is 7.56. The van der Waals surface area contributed by atoms with E-state index in [2.05, 4.69) is 18.4 Å². The first-order valence-electron chi connectivity index (χ1n) is 7.56. The third-order valence-electron chi connectivity index (χ3n) is 4.02. The van der Waals surface area contributed by atoms with Crippen molar-refractivity contribution in [2.45, 2.75) is 46.1 Å². The molecule has 1 heterocycles. The van der Waals surface area contributed by atoms with Gasteiger partial charge < -0.3 is 14.8 Å². The fourth-order valence-electron chi connectivity index (χ4n) is 2.86. The molecule has 1 aromatic heterocycles. The molecule has 2 rings (SSSR count). The third kappa shape index (κ3) is 3.10. The molecule has 4 heteroatoms. The molecular formula is C17H23NO3. The van der Waals surface area contributed by atoms with Gasteiger partial charge in [-0.15, -0.1) is 0 Å². The van der Waals surface area contributed by atoms with Crippen LogP contribution < -0.4 is 0 Å². The van der Waals surface area contributed by atoms with Crippen molar-refractivity contribution in [3.8, 4) is 0 Å². The number of unbranched alkanes of at least 4 members (excludes halogenated alkanes) is 1. The highest BCUT2D eigenvalue weighted by atomic mass is 16.4. The Morgan fingerprint density at radius 1 is 1.29 bits per heavy atom. The number of aromatic nitrogens is 1. The van der Waals surface area contributed by atoms with E-state index in [1.807, 2.05) is 6.07 Å². The molecule has 114 valence electrons. The number of aryl methyl sites for hydroxylation is 2. The lowest BCUT2D eigenvalue weighted by atomic mass is 10.0. The van der Waals surface area contributed by atoms with Gasteiger partial charge in [-0.3, -0.25) is 0 Å². The van der Waals surface area contributed by atoms with Gasteiger partial charge in [0.25, 0.3) is 0 Å². The molecule has 0 fully saturated rings. The van der Waals surface area contributed by atoms with Gasteiger partial charge in [-0.05, 0) is 49.9 Å². The van der Waals surface area contributed by atoms with E-state index in [4.69, 9.17) is 5.11 Å². The number of carboxylic acid groups (broad SMARTS) is 1. The van der Waals surface area contributed by atoms with Crippen LogP contribution in [0.4, 0.5) is 0 Å². The zero-order chi connectivity index (χ0) is 15.4.